The van der Waals surface area contributed by atoms with Gasteiger partial charge in [0, 0.05) is 6.42 Å². The second-order valence-electron chi connectivity index (χ2n) is 14.5. The van der Waals surface area contributed by atoms with Crippen LogP contribution < -0.4 is 0 Å². The van der Waals surface area contributed by atoms with E-state index in [4.69, 9.17) is 4.74 Å². The lowest BCUT2D eigenvalue weighted by Crippen LogP contribution is -2.51. The van der Waals surface area contributed by atoms with Gasteiger partial charge in [0.2, 0.25) is 0 Å². The van der Waals surface area contributed by atoms with E-state index in [1.165, 1.54) is 51.4 Å². The van der Waals surface area contributed by atoms with Gasteiger partial charge in [-0.1, -0.05) is 95.9 Å². The maximum absolute atomic E-state index is 12.9. The third-order valence-corrected chi connectivity index (χ3v) is 12.4. The van der Waals surface area contributed by atoms with Crippen LogP contribution in [0.25, 0.3) is 6.08 Å². The molecule has 2 nitrogen and oxygen atoms in total. The van der Waals surface area contributed by atoms with Crippen LogP contribution in [0.4, 0.5) is 0 Å². The van der Waals surface area contributed by atoms with Gasteiger partial charge < -0.3 is 4.74 Å². The van der Waals surface area contributed by atoms with Gasteiger partial charge in [0.1, 0.15) is 10.6 Å². The number of carbonyl (C=O) groups excluding carboxylic acids is 1. The van der Waals surface area contributed by atoms with E-state index in [-0.39, 0.29) is 17.5 Å². The highest BCUT2D eigenvalue weighted by molar-refractivity contribution is 9.12. The molecule has 214 valence electrons. The summed E-state index contributed by atoms with van der Waals surface area (Å²) >= 11 is 3.47. The molecule has 0 saturated heterocycles. The Kier molecular flexibility index (Phi) is 8.87. The Balaban J connectivity index is 1.23. The minimum atomic E-state index is -0.241. The molecule has 0 spiro atoms. The monoisotopic (exact) mass is 594 g/mol. The zero-order valence-electron chi connectivity index (χ0n) is 25.1. The van der Waals surface area contributed by atoms with E-state index in [1.807, 2.05) is 36.4 Å². The molecule has 3 saturated carbocycles. The summed E-state index contributed by atoms with van der Waals surface area (Å²) < 4.78 is 6.53. The number of hydrogen-bond acceptors (Lipinski definition) is 2. The van der Waals surface area contributed by atoms with Gasteiger partial charge in [-0.2, -0.15) is 0 Å². The highest BCUT2D eigenvalue weighted by Gasteiger charge is 2.59. The lowest BCUT2D eigenvalue weighted by molar-refractivity contribution is -0.145. The van der Waals surface area contributed by atoms with E-state index >= 15 is 0 Å². The van der Waals surface area contributed by atoms with Crippen LogP contribution in [0.2, 0.25) is 0 Å². The van der Waals surface area contributed by atoms with Gasteiger partial charge in [-0.3, -0.25) is 0 Å². The molecule has 0 aromatic heterocycles. The molecule has 5 rings (SSSR count). The molecule has 0 N–H and O–H groups in total. The Morgan fingerprint density at radius 1 is 1.03 bits per heavy atom. The van der Waals surface area contributed by atoms with Crippen LogP contribution in [0.5, 0.6) is 0 Å². The lowest BCUT2D eigenvalue weighted by Gasteiger charge is -2.58. The van der Waals surface area contributed by atoms with Crippen molar-refractivity contribution in [2.24, 2.45) is 46.3 Å². The summed E-state index contributed by atoms with van der Waals surface area (Å²) in [6.07, 6.45) is 18.6. The van der Waals surface area contributed by atoms with Crippen LogP contribution in [0.1, 0.15) is 111 Å². The van der Waals surface area contributed by atoms with Crippen LogP contribution in [0.3, 0.4) is 0 Å². The Morgan fingerprint density at radius 3 is 2.54 bits per heavy atom. The summed E-state index contributed by atoms with van der Waals surface area (Å²) in [6.45, 7) is 12.5. The number of fused-ring (bicyclic) bond motifs is 5. The smallest absolute Gasteiger partial charge is 0.345 e. The van der Waals surface area contributed by atoms with Crippen molar-refractivity contribution in [3.05, 3.63) is 52.0 Å². The minimum absolute atomic E-state index is 0.0125. The first kappa shape index (κ1) is 29.2. The number of rotatable bonds is 8. The number of hydrogen-bond donors (Lipinski definition) is 0. The maximum Gasteiger partial charge on any atom is 0.345 e. The highest BCUT2D eigenvalue weighted by atomic mass is 79.9. The molecule has 3 heteroatoms. The minimum Gasteiger partial charge on any atom is -0.458 e. The molecule has 0 unspecified atom stereocenters. The predicted octanol–water partition coefficient (Wildman–Crippen LogP) is 10.4. The normalized spacial score (nSPS) is 36.9. The maximum atomic E-state index is 12.9. The highest BCUT2D eigenvalue weighted by Crippen LogP contribution is 2.67. The van der Waals surface area contributed by atoms with Gasteiger partial charge in [-0.25, -0.2) is 4.79 Å². The molecule has 8 atom stereocenters. The van der Waals surface area contributed by atoms with Crippen molar-refractivity contribution in [1.29, 1.82) is 0 Å². The van der Waals surface area contributed by atoms with Crippen molar-refractivity contribution >= 4 is 28.0 Å². The summed E-state index contributed by atoms with van der Waals surface area (Å²) in [7, 11) is 0. The Hall–Kier alpha value is -1.35. The van der Waals surface area contributed by atoms with E-state index in [0.717, 1.165) is 60.3 Å². The molecule has 1 aromatic carbocycles. The Morgan fingerprint density at radius 2 is 1.79 bits per heavy atom. The summed E-state index contributed by atoms with van der Waals surface area (Å²) in [5.74, 6) is 4.88. The second-order valence-corrected chi connectivity index (χ2v) is 15.3. The van der Waals surface area contributed by atoms with Gasteiger partial charge >= 0.3 is 5.97 Å². The fourth-order valence-corrected chi connectivity index (χ4v) is 10.1. The van der Waals surface area contributed by atoms with E-state index in [0.29, 0.717) is 9.90 Å². The molecule has 0 radical (unpaired) electrons. The first-order valence-corrected chi connectivity index (χ1v) is 16.7. The summed E-state index contributed by atoms with van der Waals surface area (Å²) in [6, 6.07) is 9.95. The second kappa shape index (κ2) is 11.9. The molecule has 0 heterocycles. The molecule has 4 aliphatic rings. The molecule has 3 fully saturated rings. The van der Waals surface area contributed by atoms with E-state index in [9.17, 15) is 4.79 Å². The number of esters is 1. The third-order valence-electron chi connectivity index (χ3n) is 11.8. The van der Waals surface area contributed by atoms with Gasteiger partial charge in [0.15, 0.2) is 0 Å². The fraction of sp³-hybridized carbons (Fsp3) is 0.694. The number of halogens is 1. The molecular weight excluding hydrogens is 544 g/mol. The zero-order chi connectivity index (χ0) is 27.8. The molecule has 0 amide bonds. The Labute approximate surface area is 246 Å². The molecule has 0 bridgehead atoms. The van der Waals surface area contributed by atoms with Crippen molar-refractivity contribution in [3.63, 3.8) is 0 Å². The van der Waals surface area contributed by atoms with Crippen LogP contribution >= 0.6 is 15.9 Å². The quantitative estimate of drug-likeness (QED) is 0.170. The standard InChI is InChI=1S/C36H51BrO2/c1-24(2)10-9-11-25(3)30-16-17-31-29-15-14-27-23-28(18-20-35(27,4)32(29)19-21-36(30,31)5)39-34(38)33(37)22-26-12-7-6-8-13-26/h6-8,12-14,22,24-25,28-32H,9-11,15-21,23H2,1-5H3/b33-22+/t25-,28+,29-,30+,31-,32-,35+,36-/m1/s1. The molecule has 1 aromatic rings. The number of allylic oxidation sites excluding steroid dienone is 1. The third kappa shape index (κ3) is 5.86. The van der Waals surface area contributed by atoms with Crippen molar-refractivity contribution in [2.75, 3.05) is 0 Å². The van der Waals surface area contributed by atoms with Crippen LogP contribution in [0, 0.1) is 46.3 Å². The Bertz CT molecular complexity index is 1070. The van der Waals surface area contributed by atoms with E-state index in [2.05, 4.69) is 56.6 Å². The van der Waals surface area contributed by atoms with Gasteiger partial charge in [0.25, 0.3) is 0 Å². The number of carbonyl (C=O) groups is 1. The van der Waals surface area contributed by atoms with Crippen molar-refractivity contribution in [2.45, 2.75) is 111 Å². The molecule has 4 aliphatic carbocycles. The van der Waals surface area contributed by atoms with Crippen molar-refractivity contribution in [1.82, 2.24) is 0 Å². The van der Waals surface area contributed by atoms with Crippen LogP contribution in [-0.4, -0.2) is 12.1 Å². The van der Waals surface area contributed by atoms with Gasteiger partial charge in [-0.05, 0) is 119 Å². The molecular formula is C36H51BrO2. The largest absolute Gasteiger partial charge is 0.458 e. The molecule has 0 aliphatic heterocycles. The summed E-state index contributed by atoms with van der Waals surface area (Å²) in [4.78, 5) is 12.9. The number of benzene rings is 1. The summed E-state index contributed by atoms with van der Waals surface area (Å²) in [5.41, 5.74) is 3.40. The SMILES string of the molecule is CC(C)CCC[C@@H](C)[C@@H]1CC[C@@H]2[C@H]3CC=C4C[C@@H](OC(=O)/C(Br)=C\c5ccccc5)CC[C@]4(C)[C@@H]3CC[C@@]21C. The first-order chi connectivity index (χ1) is 18.6. The van der Waals surface area contributed by atoms with Gasteiger partial charge in [-0.15, -0.1) is 0 Å². The van der Waals surface area contributed by atoms with Crippen molar-refractivity contribution < 1.29 is 9.53 Å². The summed E-state index contributed by atoms with van der Waals surface area (Å²) in [5, 5.41) is 0. The average molecular weight is 596 g/mol. The van der Waals surface area contributed by atoms with E-state index in [1.54, 1.807) is 5.57 Å². The number of ether oxygens (including phenoxy) is 1. The zero-order valence-corrected chi connectivity index (χ0v) is 26.6. The van der Waals surface area contributed by atoms with Crippen molar-refractivity contribution in [3.8, 4) is 0 Å². The van der Waals surface area contributed by atoms with Crippen LogP contribution in [0.15, 0.2) is 46.5 Å². The topological polar surface area (TPSA) is 26.3 Å². The van der Waals surface area contributed by atoms with Gasteiger partial charge in [0.05, 0.1) is 0 Å². The average Bonchev–Trinajstić information content (AvgIpc) is 3.26. The fourth-order valence-electron chi connectivity index (χ4n) is 9.71. The van der Waals surface area contributed by atoms with E-state index < -0.39 is 0 Å². The first-order valence-electron chi connectivity index (χ1n) is 15.9. The predicted molar refractivity (Wildman–Crippen MR) is 166 cm³/mol. The molecule has 39 heavy (non-hydrogen) atoms. The van der Waals surface area contributed by atoms with Crippen LogP contribution in [-0.2, 0) is 9.53 Å². The lowest BCUT2D eigenvalue weighted by atomic mass is 9.47.